The van der Waals surface area contributed by atoms with Gasteiger partial charge in [-0.1, -0.05) is 60.7 Å². The monoisotopic (exact) mass is 450 g/mol. The smallest absolute Gasteiger partial charge is 0.132 e. The number of hydrogen-bond donors (Lipinski definition) is 2. The van der Waals surface area contributed by atoms with Crippen molar-refractivity contribution in [3.63, 3.8) is 0 Å². The first-order valence-electron chi connectivity index (χ1n) is 10.3. The van der Waals surface area contributed by atoms with Crippen LogP contribution in [0.3, 0.4) is 0 Å². The Balaban J connectivity index is 1.80. The van der Waals surface area contributed by atoms with E-state index >= 15 is 0 Å². The molecule has 0 atom stereocenters. The lowest BCUT2D eigenvalue weighted by atomic mass is 9.88. The molecule has 0 saturated carbocycles. The van der Waals surface area contributed by atoms with E-state index < -0.39 is 0 Å². The second-order valence-electron chi connectivity index (χ2n) is 7.69. The molecule has 154 valence electrons. The molecule has 2 aromatic heterocycles. The number of benzene rings is 4. The number of aromatic hydroxyl groups is 2. The molecule has 0 bridgehead atoms. The molecule has 0 aliphatic rings. The summed E-state index contributed by atoms with van der Waals surface area (Å²) in [7, 11) is 0. The van der Waals surface area contributed by atoms with Gasteiger partial charge in [0.1, 0.15) is 11.5 Å². The Labute approximate surface area is 193 Å². The van der Waals surface area contributed by atoms with Crippen LogP contribution in [-0.2, 0) is 0 Å². The van der Waals surface area contributed by atoms with Crippen LogP contribution < -0.4 is 0 Å². The maximum absolute atomic E-state index is 11.6. The lowest BCUT2D eigenvalue weighted by Gasteiger charge is -2.18. The third kappa shape index (κ3) is 2.92. The SMILES string of the molecule is Oc1c(-c2cccs2)cc2ccccc2c1-c1c(O)c(-c2cccs2)cc2ccccc12. The lowest BCUT2D eigenvalue weighted by Crippen LogP contribution is -1.91. The topological polar surface area (TPSA) is 40.5 Å². The second kappa shape index (κ2) is 7.52. The summed E-state index contributed by atoms with van der Waals surface area (Å²) in [5.41, 5.74) is 2.88. The third-order valence-electron chi connectivity index (χ3n) is 5.87. The minimum atomic E-state index is 0.190. The summed E-state index contributed by atoms with van der Waals surface area (Å²) in [6.45, 7) is 0. The molecule has 0 radical (unpaired) electrons. The molecule has 0 aliphatic carbocycles. The maximum atomic E-state index is 11.6. The predicted molar refractivity (Wildman–Crippen MR) is 137 cm³/mol. The zero-order chi connectivity index (χ0) is 21.7. The molecule has 0 amide bonds. The van der Waals surface area contributed by atoms with Gasteiger partial charge in [-0.15, -0.1) is 22.7 Å². The van der Waals surface area contributed by atoms with E-state index in [1.807, 2.05) is 83.6 Å². The van der Waals surface area contributed by atoms with E-state index in [1.54, 1.807) is 22.7 Å². The number of fused-ring (bicyclic) bond motifs is 2. The molecule has 2 heterocycles. The molecule has 0 unspecified atom stereocenters. The summed E-state index contributed by atoms with van der Waals surface area (Å²) in [6, 6.07) is 28.1. The minimum Gasteiger partial charge on any atom is -0.507 e. The molecule has 4 heteroatoms. The Morgan fingerprint density at radius 3 is 1.34 bits per heavy atom. The Morgan fingerprint density at radius 2 is 0.938 bits per heavy atom. The lowest BCUT2D eigenvalue weighted by molar-refractivity contribution is 0.472. The fourth-order valence-electron chi connectivity index (χ4n) is 4.42. The molecule has 32 heavy (non-hydrogen) atoms. The van der Waals surface area contributed by atoms with Crippen LogP contribution in [0.2, 0.25) is 0 Å². The number of phenols is 2. The van der Waals surface area contributed by atoms with Gasteiger partial charge in [-0.2, -0.15) is 0 Å². The van der Waals surface area contributed by atoms with Crippen LogP contribution in [-0.4, -0.2) is 10.2 Å². The molecule has 2 N–H and O–H groups in total. The van der Waals surface area contributed by atoms with Gasteiger partial charge in [0.2, 0.25) is 0 Å². The zero-order valence-electron chi connectivity index (χ0n) is 16.9. The maximum Gasteiger partial charge on any atom is 0.132 e. The van der Waals surface area contributed by atoms with E-state index in [0.717, 1.165) is 42.4 Å². The van der Waals surface area contributed by atoms with Crippen molar-refractivity contribution < 1.29 is 10.2 Å². The Hall–Kier alpha value is -3.60. The quantitative estimate of drug-likeness (QED) is 0.284. The number of rotatable bonds is 3. The molecular formula is C28H18O2S2. The van der Waals surface area contributed by atoms with Gasteiger partial charge in [0, 0.05) is 32.0 Å². The summed E-state index contributed by atoms with van der Waals surface area (Å²) >= 11 is 3.18. The van der Waals surface area contributed by atoms with Gasteiger partial charge in [0.05, 0.1) is 0 Å². The van der Waals surface area contributed by atoms with Gasteiger partial charge in [0.25, 0.3) is 0 Å². The van der Waals surface area contributed by atoms with Gasteiger partial charge in [-0.25, -0.2) is 0 Å². The Kier molecular flexibility index (Phi) is 4.49. The average molecular weight is 451 g/mol. The second-order valence-corrected chi connectivity index (χ2v) is 9.59. The Morgan fingerprint density at radius 1 is 0.500 bits per heavy atom. The summed E-state index contributed by atoms with van der Waals surface area (Å²) in [4.78, 5) is 1.99. The fourth-order valence-corrected chi connectivity index (χ4v) is 5.91. The van der Waals surface area contributed by atoms with Crippen LogP contribution in [0, 0.1) is 0 Å². The van der Waals surface area contributed by atoms with Crippen molar-refractivity contribution in [2.75, 3.05) is 0 Å². The molecule has 0 fully saturated rings. The predicted octanol–water partition coefficient (Wildman–Crippen LogP) is 8.53. The van der Waals surface area contributed by atoms with E-state index in [0.29, 0.717) is 11.1 Å². The normalized spacial score (nSPS) is 11.4. The van der Waals surface area contributed by atoms with Crippen LogP contribution in [0.4, 0.5) is 0 Å². The van der Waals surface area contributed by atoms with Crippen LogP contribution in [0.5, 0.6) is 11.5 Å². The van der Waals surface area contributed by atoms with Crippen LogP contribution >= 0.6 is 22.7 Å². The number of phenolic OH excluding ortho intramolecular Hbond substituents is 2. The average Bonchev–Trinajstić information content (AvgIpc) is 3.54. The summed E-state index contributed by atoms with van der Waals surface area (Å²) in [5, 5.41) is 31.1. The fraction of sp³-hybridized carbons (Fsp3) is 0. The Bertz CT molecular complexity index is 1460. The highest BCUT2D eigenvalue weighted by atomic mass is 32.1. The van der Waals surface area contributed by atoms with E-state index in [1.165, 1.54) is 0 Å². The third-order valence-corrected chi connectivity index (χ3v) is 7.67. The zero-order valence-corrected chi connectivity index (χ0v) is 18.6. The van der Waals surface area contributed by atoms with Crippen molar-refractivity contribution in [2.24, 2.45) is 0 Å². The van der Waals surface area contributed by atoms with Gasteiger partial charge >= 0.3 is 0 Å². The van der Waals surface area contributed by atoms with Crippen LogP contribution in [0.1, 0.15) is 0 Å². The van der Waals surface area contributed by atoms with Crippen molar-refractivity contribution in [3.8, 4) is 43.5 Å². The van der Waals surface area contributed by atoms with Gasteiger partial charge in [-0.05, 0) is 56.6 Å². The first-order valence-corrected chi connectivity index (χ1v) is 12.1. The van der Waals surface area contributed by atoms with E-state index in [-0.39, 0.29) is 11.5 Å². The summed E-state index contributed by atoms with van der Waals surface area (Å²) < 4.78 is 0. The highest BCUT2D eigenvalue weighted by molar-refractivity contribution is 7.13. The molecule has 0 aliphatic heterocycles. The molecule has 6 rings (SSSR count). The van der Waals surface area contributed by atoms with Gasteiger partial charge in [0.15, 0.2) is 0 Å². The molecule has 6 aromatic rings. The van der Waals surface area contributed by atoms with E-state index in [2.05, 4.69) is 12.1 Å². The number of hydrogen-bond acceptors (Lipinski definition) is 4. The van der Waals surface area contributed by atoms with Crippen molar-refractivity contribution in [1.29, 1.82) is 0 Å². The first kappa shape index (κ1) is 19.1. The van der Waals surface area contributed by atoms with E-state index in [9.17, 15) is 10.2 Å². The van der Waals surface area contributed by atoms with Crippen LogP contribution in [0.25, 0.3) is 53.6 Å². The van der Waals surface area contributed by atoms with Crippen LogP contribution in [0.15, 0.2) is 95.7 Å². The largest absolute Gasteiger partial charge is 0.507 e. The van der Waals surface area contributed by atoms with Gasteiger partial charge < -0.3 is 10.2 Å². The van der Waals surface area contributed by atoms with Crippen molar-refractivity contribution in [3.05, 3.63) is 95.7 Å². The van der Waals surface area contributed by atoms with Gasteiger partial charge in [-0.3, -0.25) is 0 Å². The highest BCUT2D eigenvalue weighted by Crippen LogP contribution is 2.52. The van der Waals surface area contributed by atoms with Crippen molar-refractivity contribution in [2.45, 2.75) is 0 Å². The molecule has 0 saturated heterocycles. The molecule has 2 nitrogen and oxygen atoms in total. The molecule has 0 spiro atoms. The van der Waals surface area contributed by atoms with Crippen molar-refractivity contribution >= 4 is 44.2 Å². The number of thiophene rings is 2. The molecular weight excluding hydrogens is 432 g/mol. The standard InChI is InChI=1S/C28H18O2S2/c29-27-21(23-11-5-13-31-23)15-17-7-1-3-9-19(17)25(27)26-20-10-4-2-8-18(20)16-22(28(26)30)24-12-6-14-32-24/h1-16,29-30H. The molecule has 4 aromatic carbocycles. The minimum absolute atomic E-state index is 0.190. The first-order chi connectivity index (χ1) is 15.7. The van der Waals surface area contributed by atoms with Crippen molar-refractivity contribution in [1.82, 2.24) is 0 Å². The summed E-state index contributed by atoms with van der Waals surface area (Å²) in [5.74, 6) is 0.380. The van der Waals surface area contributed by atoms with E-state index in [4.69, 9.17) is 0 Å². The summed E-state index contributed by atoms with van der Waals surface area (Å²) in [6.07, 6.45) is 0. The highest BCUT2D eigenvalue weighted by Gasteiger charge is 2.23.